The van der Waals surface area contributed by atoms with Crippen molar-refractivity contribution in [2.24, 2.45) is 0 Å². The average molecular weight is 249 g/mol. The van der Waals surface area contributed by atoms with E-state index in [1.807, 2.05) is 24.3 Å². The summed E-state index contributed by atoms with van der Waals surface area (Å²) in [7, 11) is -4.64. The monoisotopic (exact) mass is 249 g/mol. The van der Waals surface area contributed by atoms with E-state index < -0.39 is 7.82 Å². The van der Waals surface area contributed by atoms with Gasteiger partial charge in [0.25, 0.3) is 5.19 Å². The number of phosphoric acid groups is 1. The predicted molar refractivity (Wildman–Crippen MR) is 55.5 cm³/mol. The largest absolute Gasteiger partial charge is 0.486 e. The Bertz CT molecular complexity index is 452. The van der Waals surface area contributed by atoms with E-state index in [0.29, 0.717) is 0 Å². The van der Waals surface area contributed by atoms with Crippen molar-refractivity contribution in [2.75, 3.05) is 0 Å². The van der Waals surface area contributed by atoms with Crippen molar-refractivity contribution < 1.29 is 24.4 Å². The zero-order valence-electron chi connectivity index (χ0n) is 7.31. The van der Waals surface area contributed by atoms with E-state index >= 15 is 0 Å². The third-order valence-electron chi connectivity index (χ3n) is 1.28. The molecule has 0 radical (unpaired) electrons. The summed E-state index contributed by atoms with van der Waals surface area (Å²) in [6.45, 7) is 0. The van der Waals surface area contributed by atoms with Gasteiger partial charge in [0.1, 0.15) is 0 Å². The molecule has 0 aliphatic heterocycles. The molecule has 1 heterocycles. The van der Waals surface area contributed by atoms with Crippen molar-refractivity contribution in [3.63, 3.8) is 0 Å². The van der Waals surface area contributed by atoms with Gasteiger partial charge in [-0.25, -0.2) is 9.55 Å². The van der Waals surface area contributed by atoms with Crippen LogP contribution in [0.25, 0.3) is 10.2 Å². The van der Waals surface area contributed by atoms with Crippen LogP contribution < -0.4 is 0 Å². The molecule has 6 nitrogen and oxygen atoms in total. The topological polar surface area (TPSA) is 111 Å². The molecule has 0 amide bonds. The van der Waals surface area contributed by atoms with Crippen LogP contribution in [0.15, 0.2) is 24.3 Å². The minimum Gasteiger partial charge on any atom is -0.486 e. The van der Waals surface area contributed by atoms with Crippen LogP contribution in [0.1, 0.15) is 0 Å². The quantitative estimate of drug-likeness (QED) is 0.520. The van der Waals surface area contributed by atoms with Crippen LogP contribution in [-0.4, -0.2) is 24.8 Å². The van der Waals surface area contributed by atoms with E-state index in [9.17, 15) is 0 Å². The number of benzene rings is 1. The highest BCUT2D eigenvalue weighted by Gasteiger charge is 2.00. The normalized spacial score (nSPS) is 10.9. The highest BCUT2D eigenvalue weighted by Crippen LogP contribution is 2.26. The molecular weight excluding hydrogens is 241 g/mol. The number of thiazole rings is 1. The van der Waals surface area contributed by atoms with Gasteiger partial charge >= 0.3 is 7.82 Å². The lowest BCUT2D eigenvalue weighted by atomic mass is 10.3. The molecule has 82 valence electrons. The summed E-state index contributed by atoms with van der Waals surface area (Å²) in [5.74, 6) is 0. The Balaban J connectivity index is 0.000000195. The highest BCUT2D eigenvalue weighted by atomic mass is 32.1. The molecule has 0 unspecified atom stereocenters. The van der Waals surface area contributed by atoms with Crippen molar-refractivity contribution in [1.82, 2.24) is 4.98 Å². The smallest absolute Gasteiger partial charge is 0.466 e. The minimum absolute atomic E-state index is 0.140. The fourth-order valence-electron chi connectivity index (χ4n) is 0.860. The molecule has 1 aromatic heterocycles. The second-order valence-corrected chi connectivity index (χ2v) is 4.51. The van der Waals surface area contributed by atoms with Crippen LogP contribution in [0.4, 0.5) is 0 Å². The number of hydrogen-bond acceptors (Lipinski definition) is 4. The van der Waals surface area contributed by atoms with Crippen molar-refractivity contribution in [3.8, 4) is 5.19 Å². The molecule has 0 aliphatic carbocycles. The van der Waals surface area contributed by atoms with Gasteiger partial charge < -0.3 is 19.8 Å². The average Bonchev–Trinajstić information content (AvgIpc) is 2.40. The van der Waals surface area contributed by atoms with Crippen molar-refractivity contribution in [3.05, 3.63) is 24.3 Å². The lowest BCUT2D eigenvalue weighted by molar-refractivity contribution is 0.275. The maximum atomic E-state index is 8.96. The Morgan fingerprint density at radius 2 is 1.73 bits per heavy atom. The first-order valence-electron chi connectivity index (χ1n) is 3.69. The highest BCUT2D eigenvalue weighted by molar-refractivity contribution is 7.45. The van der Waals surface area contributed by atoms with Gasteiger partial charge in [-0.15, -0.1) is 0 Å². The van der Waals surface area contributed by atoms with Gasteiger partial charge in [0.15, 0.2) is 0 Å². The van der Waals surface area contributed by atoms with Crippen molar-refractivity contribution in [1.29, 1.82) is 0 Å². The number of hydrogen-bond donors (Lipinski definition) is 4. The summed E-state index contributed by atoms with van der Waals surface area (Å²) in [5.41, 5.74) is 0.866. The summed E-state index contributed by atoms with van der Waals surface area (Å²) < 4.78 is 9.91. The Morgan fingerprint density at radius 1 is 1.20 bits per heavy atom. The first kappa shape index (κ1) is 12.1. The van der Waals surface area contributed by atoms with Gasteiger partial charge in [0.2, 0.25) is 0 Å². The summed E-state index contributed by atoms with van der Waals surface area (Å²) in [4.78, 5) is 25.4. The fourth-order valence-corrected chi connectivity index (χ4v) is 1.57. The molecule has 2 rings (SSSR count). The Morgan fingerprint density at radius 3 is 2.27 bits per heavy atom. The third-order valence-corrected chi connectivity index (χ3v) is 2.12. The maximum Gasteiger partial charge on any atom is 0.466 e. The molecule has 0 aliphatic rings. The van der Waals surface area contributed by atoms with Crippen LogP contribution in [0, 0.1) is 0 Å². The molecule has 2 aromatic rings. The van der Waals surface area contributed by atoms with E-state index in [4.69, 9.17) is 24.4 Å². The standard InChI is InChI=1S/C7H5NOS.H3O4P/c9-7-8-5-3-1-2-4-6(5)10-7;1-5(2,3)4/h1-4H,(H,8,9);(H3,1,2,3,4). The Labute approximate surface area is 88.7 Å². The molecule has 0 spiro atoms. The third kappa shape index (κ3) is 4.87. The number of aromatic hydroxyl groups is 1. The van der Waals surface area contributed by atoms with E-state index in [0.717, 1.165) is 10.2 Å². The minimum atomic E-state index is -4.64. The van der Waals surface area contributed by atoms with Crippen LogP contribution in [-0.2, 0) is 4.57 Å². The number of para-hydroxylation sites is 1. The SMILES string of the molecule is O=P(O)(O)O.Oc1nc2ccccc2s1. The first-order valence-corrected chi connectivity index (χ1v) is 6.07. The Hall–Kier alpha value is -0.980. The van der Waals surface area contributed by atoms with E-state index in [2.05, 4.69) is 4.98 Å². The summed E-state index contributed by atoms with van der Waals surface area (Å²) in [6, 6.07) is 7.65. The lowest BCUT2D eigenvalue weighted by Gasteiger charge is -1.82. The van der Waals surface area contributed by atoms with Gasteiger partial charge in [0, 0.05) is 0 Å². The zero-order chi connectivity index (χ0) is 11.5. The first-order chi connectivity index (χ1) is 6.86. The summed E-state index contributed by atoms with van der Waals surface area (Å²) in [5, 5.41) is 9.10. The van der Waals surface area contributed by atoms with Crippen molar-refractivity contribution in [2.45, 2.75) is 0 Å². The molecule has 4 N–H and O–H groups in total. The summed E-state index contributed by atoms with van der Waals surface area (Å²) in [6.07, 6.45) is 0. The number of aromatic nitrogens is 1. The van der Waals surface area contributed by atoms with Crippen LogP contribution in [0.5, 0.6) is 5.19 Å². The zero-order valence-corrected chi connectivity index (χ0v) is 9.02. The summed E-state index contributed by atoms with van der Waals surface area (Å²) >= 11 is 1.30. The van der Waals surface area contributed by atoms with E-state index in [1.165, 1.54) is 11.3 Å². The van der Waals surface area contributed by atoms with Crippen molar-refractivity contribution >= 4 is 29.4 Å². The fraction of sp³-hybridized carbons (Fsp3) is 0. The van der Waals surface area contributed by atoms with Gasteiger partial charge in [-0.1, -0.05) is 23.5 Å². The van der Waals surface area contributed by atoms with Gasteiger partial charge in [-0.3, -0.25) is 0 Å². The second-order valence-electron chi connectivity index (χ2n) is 2.48. The van der Waals surface area contributed by atoms with Crippen LogP contribution >= 0.6 is 19.2 Å². The molecule has 0 saturated heterocycles. The molecule has 0 bridgehead atoms. The second kappa shape index (κ2) is 4.69. The van der Waals surface area contributed by atoms with Crippen LogP contribution in [0.2, 0.25) is 0 Å². The van der Waals surface area contributed by atoms with E-state index in [1.54, 1.807) is 0 Å². The van der Waals surface area contributed by atoms with Gasteiger partial charge in [-0.2, -0.15) is 0 Å². The molecule has 8 heteroatoms. The predicted octanol–water partition coefficient (Wildman–Crippen LogP) is 1.07. The number of rotatable bonds is 0. The molecular formula is C7H8NO5PS. The number of fused-ring (bicyclic) bond motifs is 1. The molecule has 0 atom stereocenters. The van der Waals surface area contributed by atoms with E-state index in [-0.39, 0.29) is 5.19 Å². The van der Waals surface area contributed by atoms with Gasteiger partial charge in [-0.05, 0) is 12.1 Å². The van der Waals surface area contributed by atoms with Gasteiger partial charge in [0.05, 0.1) is 10.2 Å². The molecule has 1 aromatic carbocycles. The molecule has 0 saturated carbocycles. The molecule has 0 fully saturated rings. The number of nitrogens with zero attached hydrogens (tertiary/aromatic N) is 1. The lowest BCUT2D eigenvalue weighted by Crippen LogP contribution is -1.66. The Kier molecular flexibility index (Phi) is 3.78. The molecule has 15 heavy (non-hydrogen) atoms. The van der Waals surface area contributed by atoms with Crippen LogP contribution in [0.3, 0.4) is 0 Å². The maximum absolute atomic E-state index is 8.96.